The smallest absolute Gasteiger partial charge is 0.314 e. The fourth-order valence-corrected chi connectivity index (χ4v) is 2.52. The van der Waals surface area contributed by atoms with Crippen molar-refractivity contribution in [3.8, 4) is 0 Å². The fraction of sp³-hybridized carbons (Fsp3) is 0.211. The Hall–Kier alpha value is -2.95. The van der Waals surface area contributed by atoms with Crippen LogP contribution >= 0.6 is 0 Å². The van der Waals surface area contributed by atoms with Gasteiger partial charge in [-0.15, -0.1) is 0 Å². The topological polar surface area (TPSA) is 75.3 Å². The summed E-state index contributed by atoms with van der Waals surface area (Å²) < 4.78 is 0. The summed E-state index contributed by atoms with van der Waals surface area (Å²) in [6.45, 7) is 7.21. The maximum Gasteiger partial charge on any atom is 0.314 e. The van der Waals surface area contributed by atoms with Gasteiger partial charge in [-0.1, -0.05) is 17.7 Å². The SMILES string of the molecule is CC(=O)c1ccc(NC(=O)C(=O)Nc2c(C)cc(C)cc2C)cc1. The lowest BCUT2D eigenvalue weighted by molar-refractivity contribution is -0.133. The van der Waals surface area contributed by atoms with Gasteiger partial charge in [-0.3, -0.25) is 14.4 Å². The van der Waals surface area contributed by atoms with E-state index in [1.54, 1.807) is 24.3 Å². The molecule has 0 atom stereocenters. The van der Waals surface area contributed by atoms with Crippen molar-refractivity contribution in [3.63, 3.8) is 0 Å². The van der Waals surface area contributed by atoms with Crippen molar-refractivity contribution in [1.82, 2.24) is 0 Å². The van der Waals surface area contributed by atoms with Gasteiger partial charge in [0.2, 0.25) is 0 Å². The molecule has 24 heavy (non-hydrogen) atoms. The first kappa shape index (κ1) is 17.4. The number of rotatable bonds is 3. The summed E-state index contributed by atoms with van der Waals surface area (Å²) in [6, 6.07) is 10.3. The van der Waals surface area contributed by atoms with Crippen LogP contribution in [0.2, 0.25) is 0 Å². The second-order valence-electron chi connectivity index (χ2n) is 5.82. The molecule has 0 unspecified atom stereocenters. The molecule has 0 heterocycles. The Balaban J connectivity index is 2.07. The van der Waals surface area contributed by atoms with Gasteiger partial charge in [0.05, 0.1) is 0 Å². The number of anilines is 2. The minimum atomic E-state index is -0.759. The molecule has 5 heteroatoms. The molecule has 0 aromatic heterocycles. The van der Waals surface area contributed by atoms with Crippen LogP contribution in [-0.4, -0.2) is 17.6 Å². The Morgan fingerprint density at radius 1 is 0.792 bits per heavy atom. The van der Waals surface area contributed by atoms with Crippen LogP contribution < -0.4 is 10.6 Å². The van der Waals surface area contributed by atoms with E-state index in [9.17, 15) is 14.4 Å². The largest absolute Gasteiger partial charge is 0.318 e. The Morgan fingerprint density at radius 3 is 1.79 bits per heavy atom. The lowest BCUT2D eigenvalue weighted by atomic mass is 10.1. The summed E-state index contributed by atoms with van der Waals surface area (Å²) in [7, 11) is 0. The number of Topliss-reactive ketones (excluding diaryl/α,β-unsaturated/α-hetero) is 1. The van der Waals surface area contributed by atoms with Crippen molar-refractivity contribution < 1.29 is 14.4 Å². The highest BCUT2D eigenvalue weighted by atomic mass is 16.2. The lowest BCUT2D eigenvalue weighted by Crippen LogP contribution is -2.29. The zero-order valence-electron chi connectivity index (χ0n) is 14.2. The average Bonchev–Trinajstić information content (AvgIpc) is 2.51. The van der Waals surface area contributed by atoms with Gasteiger partial charge in [-0.25, -0.2) is 0 Å². The van der Waals surface area contributed by atoms with Crippen molar-refractivity contribution in [2.45, 2.75) is 27.7 Å². The van der Waals surface area contributed by atoms with Crippen molar-refractivity contribution >= 4 is 29.0 Å². The van der Waals surface area contributed by atoms with E-state index in [0.29, 0.717) is 16.9 Å². The minimum absolute atomic E-state index is 0.0593. The molecule has 0 saturated heterocycles. The van der Waals surface area contributed by atoms with Gasteiger partial charge in [0.25, 0.3) is 0 Å². The number of carbonyl (C=O) groups is 3. The second kappa shape index (κ2) is 7.08. The van der Waals surface area contributed by atoms with Crippen LogP contribution in [0, 0.1) is 20.8 Å². The summed E-state index contributed by atoms with van der Waals surface area (Å²) in [5, 5.41) is 5.17. The molecule has 2 aromatic carbocycles. The summed E-state index contributed by atoms with van der Waals surface area (Å²) in [5.74, 6) is -1.55. The van der Waals surface area contributed by atoms with E-state index in [1.807, 2.05) is 32.9 Å². The van der Waals surface area contributed by atoms with E-state index in [-0.39, 0.29) is 5.78 Å². The first-order valence-corrected chi connectivity index (χ1v) is 7.59. The Labute approximate surface area is 141 Å². The summed E-state index contributed by atoms with van der Waals surface area (Å²) in [4.78, 5) is 35.4. The van der Waals surface area contributed by atoms with Crippen LogP contribution in [0.15, 0.2) is 36.4 Å². The predicted molar refractivity (Wildman–Crippen MR) is 94.4 cm³/mol. The minimum Gasteiger partial charge on any atom is -0.318 e. The number of amides is 2. The number of hydrogen-bond donors (Lipinski definition) is 2. The summed E-state index contributed by atoms with van der Waals surface area (Å²) in [6.07, 6.45) is 0. The Morgan fingerprint density at radius 2 is 1.29 bits per heavy atom. The highest BCUT2D eigenvalue weighted by molar-refractivity contribution is 6.43. The Bertz CT molecular complexity index is 785. The van der Waals surface area contributed by atoms with Gasteiger partial charge in [0.15, 0.2) is 5.78 Å². The zero-order chi connectivity index (χ0) is 17.9. The number of benzene rings is 2. The molecule has 124 valence electrons. The second-order valence-corrected chi connectivity index (χ2v) is 5.82. The van der Waals surface area contributed by atoms with Gasteiger partial charge in [-0.05, 0) is 63.1 Å². The fourth-order valence-electron chi connectivity index (χ4n) is 2.52. The van der Waals surface area contributed by atoms with Crippen molar-refractivity contribution in [2.24, 2.45) is 0 Å². The zero-order valence-corrected chi connectivity index (χ0v) is 14.2. The van der Waals surface area contributed by atoms with Crippen molar-refractivity contribution in [2.75, 3.05) is 10.6 Å². The molecule has 0 aliphatic rings. The third kappa shape index (κ3) is 4.07. The normalized spacial score (nSPS) is 10.2. The van der Waals surface area contributed by atoms with Crippen LogP contribution in [0.25, 0.3) is 0 Å². The molecule has 0 spiro atoms. The van der Waals surface area contributed by atoms with Gasteiger partial charge >= 0.3 is 11.8 Å². The van der Waals surface area contributed by atoms with Crippen LogP contribution in [0.3, 0.4) is 0 Å². The third-order valence-electron chi connectivity index (χ3n) is 3.67. The predicted octanol–water partition coefficient (Wildman–Crippen LogP) is 3.39. The van der Waals surface area contributed by atoms with Crippen LogP contribution in [0.1, 0.15) is 34.0 Å². The maximum atomic E-state index is 12.1. The standard InChI is InChI=1S/C19H20N2O3/c1-11-9-12(2)17(13(3)10-11)21-19(24)18(23)20-16-7-5-15(6-8-16)14(4)22/h5-10H,1-4H3,(H,20,23)(H,21,24). The number of nitrogens with one attached hydrogen (secondary N) is 2. The number of hydrogen-bond acceptors (Lipinski definition) is 3. The molecule has 5 nitrogen and oxygen atoms in total. The monoisotopic (exact) mass is 324 g/mol. The first-order chi connectivity index (χ1) is 11.3. The van der Waals surface area contributed by atoms with E-state index in [1.165, 1.54) is 6.92 Å². The molecule has 0 aliphatic carbocycles. The highest BCUT2D eigenvalue weighted by Crippen LogP contribution is 2.22. The van der Waals surface area contributed by atoms with Crippen molar-refractivity contribution in [3.05, 3.63) is 58.7 Å². The van der Waals surface area contributed by atoms with E-state index in [0.717, 1.165) is 16.7 Å². The van der Waals surface area contributed by atoms with Gasteiger partial charge in [-0.2, -0.15) is 0 Å². The van der Waals surface area contributed by atoms with Gasteiger partial charge in [0, 0.05) is 16.9 Å². The number of carbonyl (C=O) groups excluding carboxylic acids is 3. The molecular weight excluding hydrogens is 304 g/mol. The quantitative estimate of drug-likeness (QED) is 0.671. The van der Waals surface area contributed by atoms with Crippen LogP contribution in [-0.2, 0) is 9.59 Å². The molecule has 0 fully saturated rings. The average molecular weight is 324 g/mol. The third-order valence-corrected chi connectivity index (χ3v) is 3.67. The summed E-state index contributed by atoms with van der Waals surface area (Å²) in [5.41, 5.74) is 4.55. The first-order valence-electron chi connectivity index (χ1n) is 7.59. The van der Waals surface area contributed by atoms with E-state index < -0.39 is 11.8 Å². The molecule has 0 radical (unpaired) electrons. The van der Waals surface area contributed by atoms with Gasteiger partial charge < -0.3 is 10.6 Å². The molecule has 2 N–H and O–H groups in total. The molecule has 0 saturated carbocycles. The van der Waals surface area contributed by atoms with Crippen molar-refractivity contribution in [1.29, 1.82) is 0 Å². The van der Waals surface area contributed by atoms with E-state index >= 15 is 0 Å². The molecule has 2 amide bonds. The molecule has 0 aliphatic heterocycles. The van der Waals surface area contributed by atoms with Crippen LogP contribution in [0.4, 0.5) is 11.4 Å². The molecular formula is C19H20N2O3. The van der Waals surface area contributed by atoms with Gasteiger partial charge in [0.1, 0.15) is 0 Å². The van der Waals surface area contributed by atoms with Crippen LogP contribution in [0.5, 0.6) is 0 Å². The number of aryl methyl sites for hydroxylation is 3. The number of ketones is 1. The summed E-state index contributed by atoms with van der Waals surface area (Å²) >= 11 is 0. The van der Waals surface area contributed by atoms with E-state index in [4.69, 9.17) is 0 Å². The highest BCUT2D eigenvalue weighted by Gasteiger charge is 2.16. The Kier molecular flexibility index (Phi) is 5.14. The molecule has 2 rings (SSSR count). The molecule has 2 aromatic rings. The molecule has 0 bridgehead atoms. The maximum absolute atomic E-state index is 12.1. The van der Waals surface area contributed by atoms with E-state index in [2.05, 4.69) is 10.6 Å². The lowest BCUT2D eigenvalue weighted by Gasteiger charge is -2.12.